The molecular weight excluding hydrogens is 369 g/mol. The first-order chi connectivity index (χ1) is 9.31. The Labute approximate surface area is 135 Å². The summed E-state index contributed by atoms with van der Waals surface area (Å²) in [4.78, 5) is 4.32. The molecular formula is C14H20IN3O2. The predicted molar refractivity (Wildman–Crippen MR) is 90.3 cm³/mol. The minimum atomic E-state index is 0. The van der Waals surface area contributed by atoms with Gasteiger partial charge in [0.1, 0.15) is 0 Å². The molecule has 1 heterocycles. The topological polar surface area (TPSA) is 68.9 Å². The van der Waals surface area contributed by atoms with Crippen LogP contribution in [0.4, 0.5) is 5.69 Å². The molecule has 3 N–H and O–H groups in total. The van der Waals surface area contributed by atoms with Crippen molar-refractivity contribution in [1.29, 1.82) is 0 Å². The first-order valence-electron chi connectivity index (χ1n) is 6.78. The van der Waals surface area contributed by atoms with Gasteiger partial charge in [-0.3, -0.25) is 4.99 Å². The van der Waals surface area contributed by atoms with Crippen LogP contribution in [0.25, 0.3) is 0 Å². The zero-order chi connectivity index (χ0) is 13.1. The predicted octanol–water partition coefficient (Wildman–Crippen LogP) is 2.60. The van der Waals surface area contributed by atoms with Gasteiger partial charge in [0.2, 0.25) is 0 Å². The average molecular weight is 389 g/mol. The molecule has 1 aliphatic carbocycles. The fraction of sp³-hybridized carbons (Fsp3) is 0.500. The summed E-state index contributed by atoms with van der Waals surface area (Å²) in [5, 5.41) is 3.09. The van der Waals surface area contributed by atoms with Gasteiger partial charge in [-0.05, 0) is 30.9 Å². The van der Waals surface area contributed by atoms with Gasteiger partial charge in [-0.15, -0.1) is 24.0 Å². The Balaban J connectivity index is 0.00000147. The number of ether oxygens (including phenoxy) is 2. The summed E-state index contributed by atoms with van der Waals surface area (Å²) in [6, 6.07) is 5.73. The lowest BCUT2D eigenvalue weighted by molar-refractivity contribution is 0.297. The monoisotopic (exact) mass is 389 g/mol. The Morgan fingerprint density at radius 3 is 2.75 bits per heavy atom. The van der Waals surface area contributed by atoms with Crippen LogP contribution in [0.5, 0.6) is 11.5 Å². The summed E-state index contributed by atoms with van der Waals surface area (Å²) < 4.78 is 11.2. The first kappa shape index (κ1) is 15.2. The van der Waals surface area contributed by atoms with E-state index in [1.165, 1.54) is 12.8 Å². The zero-order valence-electron chi connectivity index (χ0n) is 11.3. The molecule has 0 atom stereocenters. The summed E-state index contributed by atoms with van der Waals surface area (Å²) in [6.45, 7) is 2.20. The molecule has 1 aliphatic heterocycles. The Morgan fingerprint density at radius 2 is 2.00 bits per heavy atom. The molecule has 1 fully saturated rings. The second-order valence-electron chi connectivity index (χ2n) is 5.01. The molecule has 3 rings (SSSR count). The average Bonchev–Trinajstić information content (AvgIpc) is 3.23. The summed E-state index contributed by atoms with van der Waals surface area (Å²) in [7, 11) is 0. The molecule has 20 heavy (non-hydrogen) atoms. The van der Waals surface area contributed by atoms with Crippen LogP contribution in [0.15, 0.2) is 23.2 Å². The highest BCUT2D eigenvalue weighted by molar-refractivity contribution is 14.0. The highest BCUT2D eigenvalue weighted by Gasteiger charge is 2.20. The summed E-state index contributed by atoms with van der Waals surface area (Å²) >= 11 is 0. The van der Waals surface area contributed by atoms with Crippen molar-refractivity contribution in [2.75, 3.05) is 25.1 Å². The lowest BCUT2D eigenvalue weighted by Crippen LogP contribution is -2.23. The molecule has 0 aromatic heterocycles. The number of hydrogen-bond donors (Lipinski definition) is 2. The van der Waals surface area contributed by atoms with Gasteiger partial charge in [0.15, 0.2) is 17.5 Å². The number of benzene rings is 1. The quantitative estimate of drug-likeness (QED) is 0.474. The lowest BCUT2D eigenvalue weighted by atomic mass is 10.3. The van der Waals surface area contributed by atoms with Crippen LogP contribution in [0, 0.1) is 5.92 Å². The van der Waals surface area contributed by atoms with E-state index in [1.807, 2.05) is 18.2 Å². The van der Waals surface area contributed by atoms with E-state index in [0.717, 1.165) is 36.1 Å². The number of halogens is 1. The largest absolute Gasteiger partial charge is 0.490 e. The van der Waals surface area contributed by atoms with Crippen LogP contribution in [0.2, 0.25) is 0 Å². The van der Waals surface area contributed by atoms with Gasteiger partial charge in [0.05, 0.1) is 13.2 Å². The number of rotatable bonds is 3. The highest BCUT2D eigenvalue weighted by atomic mass is 127. The van der Waals surface area contributed by atoms with Crippen LogP contribution in [0.3, 0.4) is 0 Å². The smallest absolute Gasteiger partial charge is 0.193 e. The van der Waals surface area contributed by atoms with Crippen LogP contribution in [0.1, 0.15) is 19.3 Å². The maximum Gasteiger partial charge on any atom is 0.193 e. The number of nitrogens with one attached hydrogen (secondary N) is 1. The standard InChI is InChI=1S/C14H19N3O2.HI/c15-14(16-9-10-2-3-10)17-11-4-5-12-13(8-11)19-7-1-6-18-12;/h4-5,8,10H,1-3,6-7,9H2,(H3,15,16,17);1H. The Kier molecular flexibility index (Phi) is 5.33. The van der Waals surface area contributed by atoms with Crippen LogP contribution in [-0.4, -0.2) is 25.7 Å². The number of nitrogens with zero attached hydrogens (tertiary/aromatic N) is 1. The van der Waals surface area contributed by atoms with Gasteiger partial charge >= 0.3 is 0 Å². The molecule has 1 aromatic carbocycles. The minimum Gasteiger partial charge on any atom is -0.490 e. The second-order valence-corrected chi connectivity index (χ2v) is 5.01. The van der Waals surface area contributed by atoms with Crippen molar-refractivity contribution in [3.8, 4) is 11.5 Å². The van der Waals surface area contributed by atoms with Crippen molar-refractivity contribution in [3.63, 3.8) is 0 Å². The third kappa shape index (κ3) is 4.16. The van der Waals surface area contributed by atoms with E-state index < -0.39 is 0 Å². The van der Waals surface area contributed by atoms with Gasteiger partial charge < -0.3 is 20.5 Å². The number of anilines is 1. The second kappa shape index (κ2) is 7.01. The fourth-order valence-electron chi connectivity index (χ4n) is 1.96. The van der Waals surface area contributed by atoms with E-state index in [0.29, 0.717) is 19.2 Å². The Hall–Kier alpha value is -1.18. The van der Waals surface area contributed by atoms with Crippen molar-refractivity contribution in [3.05, 3.63) is 18.2 Å². The van der Waals surface area contributed by atoms with E-state index >= 15 is 0 Å². The maximum atomic E-state index is 5.86. The SMILES string of the molecule is I.NC(=NCC1CC1)Nc1ccc2c(c1)OCCCO2. The van der Waals surface area contributed by atoms with Crippen molar-refractivity contribution in [1.82, 2.24) is 0 Å². The van der Waals surface area contributed by atoms with Crippen molar-refractivity contribution in [2.24, 2.45) is 16.6 Å². The van der Waals surface area contributed by atoms with Crippen LogP contribution >= 0.6 is 24.0 Å². The lowest BCUT2D eigenvalue weighted by Gasteiger charge is -2.10. The molecule has 110 valence electrons. The molecule has 5 nitrogen and oxygen atoms in total. The van der Waals surface area contributed by atoms with Gasteiger partial charge in [0.25, 0.3) is 0 Å². The van der Waals surface area contributed by atoms with Crippen molar-refractivity contribution >= 4 is 35.6 Å². The van der Waals surface area contributed by atoms with E-state index in [2.05, 4.69) is 10.3 Å². The fourth-order valence-corrected chi connectivity index (χ4v) is 1.96. The molecule has 0 spiro atoms. The number of aliphatic imine (C=N–C) groups is 1. The Morgan fingerprint density at radius 1 is 1.25 bits per heavy atom. The molecule has 2 aliphatic rings. The number of guanidine groups is 1. The van der Waals surface area contributed by atoms with Gasteiger partial charge in [-0.1, -0.05) is 0 Å². The Bertz CT molecular complexity index is 489. The third-order valence-corrected chi connectivity index (χ3v) is 3.24. The number of fused-ring (bicyclic) bond motifs is 1. The van der Waals surface area contributed by atoms with Gasteiger partial charge in [-0.2, -0.15) is 0 Å². The number of hydrogen-bond acceptors (Lipinski definition) is 3. The normalized spacial score (nSPS) is 17.9. The van der Waals surface area contributed by atoms with E-state index in [9.17, 15) is 0 Å². The molecule has 0 radical (unpaired) electrons. The summed E-state index contributed by atoms with van der Waals surface area (Å²) in [6.07, 6.45) is 3.46. The van der Waals surface area contributed by atoms with Crippen LogP contribution < -0.4 is 20.5 Å². The van der Waals surface area contributed by atoms with E-state index in [-0.39, 0.29) is 24.0 Å². The van der Waals surface area contributed by atoms with Gasteiger partial charge in [0, 0.05) is 24.7 Å². The molecule has 0 amide bonds. The van der Waals surface area contributed by atoms with Gasteiger partial charge in [-0.25, -0.2) is 0 Å². The van der Waals surface area contributed by atoms with Crippen molar-refractivity contribution < 1.29 is 9.47 Å². The summed E-state index contributed by atoms with van der Waals surface area (Å²) in [5.41, 5.74) is 6.73. The van der Waals surface area contributed by atoms with E-state index in [4.69, 9.17) is 15.2 Å². The number of nitrogens with two attached hydrogens (primary N) is 1. The van der Waals surface area contributed by atoms with E-state index in [1.54, 1.807) is 0 Å². The summed E-state index contributed by atoms with van der Waals surface area (Å²) in [5.74, 6) is 2.75. The zero-order valence-corrected chi connectivity index (χ0v) is 13.6. The molecule has 1 aromatic rings. The molecule has 0 bridgehead atoms. The maximum absolute atomic E-state index is 5.86. The van der Waals surface area contributed by atoms with Crippen LogP contribution in [-0.2, 0) is 0 Å². The molecule has 6 heteroatoms. The molecule has 1 saturated carbocycles. The molecule has 0 saturated heterocycles. The highest BCUT2D eigenvalue weighted by Crippen LogP contribution is 2.32. The minimum absolute atomic E-state index is 0. The van der Waals surface area contributed by atoms with Crippen molar-refractivity contribution in [2.45, 2.75) is 19.3 Å². The third-order valence-electron chi connectivity index (χ3n) is 3.24. The molecule has 0 unspecified atom stereocenters. The first-order valence-corrected chi connectivity index (χ1v) is 6.78.